The molecule has 2 N–H and O–H groups in total. The average Bonchev–Trinajstić information content (AvgIpc) is 2.18. The maximum atomic E-state index is 11.5. The van der Waals surface area contributed by atoms with Gasteiger partial charge in [-0.25, -0.2) is 0 Å². The van der Waals surface area contributed by atoms with E-state index in [1.54, 1.807) is 4.90 Å². The average molecular weight is 214 g/mol. The molecule has 0 aromatic rings. The summed E-state index contributed by atoms with van der Waals surface area (Å²) in [4.78, 5) is 24.4. The van der Waals surface area contributed by atoms with Crippen LogP contribution in [-0.4, -0.2) is 47.1 Å². The largest absolute Gasteiger partial charge is 0.480 e. The summed E-state index contributed by atoms with van der Waals surface area (Å²) in [6.07, 6.45) is 1.18. The number of carboxylic acid groups (broad SMARTS) is 1. The van der Waals surface area contributed by atoms with Crippen molar-refractivity contribution in [2.45, 2.75) is 38.8 Å². The number of hydrogen-bond donors (Lipinski definition) is 2. The predicted octanol–water partition coefficient (Wildman–Crippen LogP) is 0.0600. The van der Waals surface area contributed by atoms with Crippen LogP contribution < -0.4 is 5.32 Å². The minimum Gasteiger partial charge on any atom is -0.480 e. The van der Waals surface area contributed by atoms with E-state index in [2.05, 4.69) is 5.32 Å². The summed E-state index contributed by atoms with van der Waals surface area (Å²) in [6.45, 7) is 4.89. The normalized spacial score (nSPS) is 24.7. The number of nitrogens with zero attached hydrogens (tertiary/aromatic N) is 1. The molecule has 5 heteroatoms. The third-order valence-electron chi connectivity index (χ3n) is 2.83. The van der Waals surface area contributed by atoms with Gasteiger partial charge in [0.25, 0.3) is 0 Å². The van der Waals surface area contributed by atoms with Crippen molar-refractivity contribution < 1.29 is 14.7 Å². The van der Waals surface area contributed by atoms with Crippen LogP contribution in [0.3, 0.4) is 0 Å². The first-order valence-electron chi connectivity index (χ1n) is 5.38. The third-order valence-corrected chi connectivity index (χ3v) is 2.83. The van der Waals surface area contributed by atoms with Crippen molar-refractivity contribution in [2.24, 2.45) is 0 Å². The third kappa shape index (κ3) is 2.47. The van der Waals surface area contributed by atoms with Crippen LogP contribution in [0.1, 0.15) is 26.7 Å². The zero-order valence-electron chi connectivity index (χ0n) is 9.19. The fourth-order valence-corrected chi connectivity index (χ4v) is 2.08. The van der Waals surface area contributed by atoms with Crippen molar-refractivity contribution in [1.82, 2.24) is 10.2 Å². The summed E-state index contributed by atoms with van der Waals surface area (Å²) in [5.41, 5.74) is 0. The van der Waals surface area contributed by atoms with E-state index in [-0.39, 0.29) is 11.9 Å². The fraction of sp³-hybridized carbons (Fsp3) is 0.800. The summed E-state index contributed by atoms with van der Waals surface area (Å²) in [6, 6.07) is -0.833. The SMILES string of the molecule is CCC(C(=O)O)N1CCNC(=O)C1CC. The zero-order chi connectivity index (χ0) is 11.4. The summed E-state index contributed by atoms with van der Waals surface area (Å²) < 4.78 is 0. The number of piperazine rings is 1. The molecule has 0 aromatic carbocycles. The molecule has 2 atom stereocenters. The maximum absolute atomic E-state index is 11.5. The second-order valence-corrected chi connectivity index (χ2v) is 3.72. The lowest BCUT2D eigenvalue weighted by Crippen LogP contribution is -2.59. The van der Waals surface area contributed by atoms with Crippen molar-refractivity contribution in [3.05, 3.63) is 0 Å². The molecule has 0 aromatic heterocycles. The molecule has 2 unspecified atom stereocenters. The fourth-order valence-electron chi connectivity index (χ4n) is 2.08. The highest BCUT2D eigenvalue weighted by Gasteiger charge is 2.35. The standard InChI is InChI=1S/C10H18N2O3/c1-3-7-9(13)11-5-6-12(7)8(4-2)10(14)15/h7-8H,3-6H2,1-2H3,(H,11,13)(H,14,15). The van der Waals surface area contributed by atoms with Gasteiger partial charge in [-0.3, -0.25) is 14.5 Å². The second kappa shape index (κ2) is 5.11. The van der Waals surface area contributed by atoms with Crippen LogP contribution in [0.4, 0.5) is 0 Å². The highest BCUT2D eigenvalue weighted by atomic mass is 16.4. The van der Waals surface area contributed by atoms with Gasteiger partial charge in [-0.05, 0) is 12.8 Å². The first kappa shape index (κ1) is 12.0. The monoisotopic (exact) mass is 214 g/mol. The molecule has 5 nitrogen and oxygen atoms in total. The number of amides is 1. The number of nitrogens with one attached hydrogen (secondary N) is 1. The summed E-state index contributed by atoms with van der Waals surface area (Å²) in [5.74, 6) is -0.894. The van der Waals surface area contributed by atoms with Gasteiger partial charge in [-0.2, -0.15) is 0 Å². The zero-order valence-corrected chi connectivity index (χ0v) is 9.19. The molecule has 1 aliphatic heterocycles. The Morgan fingerprint density at radius 3 is 2.80 bits per heavy atom. The Hall–Kier alpha value is -1.10. The van der Waals surface area contributed by atoms with Crippen LogP contribution in [0.2, 0.25) is 0 Å². The van der Waals surface area contributed by atoms with Crippen LogP contribution in [0, 0.1) is 0 Å². The molecule has 1 saturated heterocycles. The molecule has 0 saturated carbocycles. The molecule has 15 heavy (non-hydrogen) atoms. The highest BCUT2D eigenvalue weighted by Crippen LogP contribution is 2.15. The minimum absolute atomic E-state index is 0.0524. The first-order valence-corrected chi connectivity index (χ1v) is 5.38. The van der Waals surface area contributed by atoms with Crippen molar-refractivity contribution in [2.75, 3.05) is 13.1 Å². The number of carbonyl (C=O) groups is 2. The molecule has 0 radical (unpaired) electrons. The topological polar surface area (TPSA) is 69.6 Å². The Labute approximate surface area is 89.4 Å². The van der Waals surface area contributed by atoms with Gasteiger partial charge in [0.2, 0.25) is 5.91 Å². The first-order chi connectivity index (χ1) is 7.11. The maximum Gasteiger partial charge on any atom is 0.320 e. The van der Waals surface area contributed by atoms with Crippen molar-refractivity contribution in [3.63, 3.8) is 0 Å². The summed E-state index contributed by atoms with van der Waals surface area (Å²) in [5, 5.41) is 11.8. The van der Waals surface area contributed by atoms with Gasteiger partial charge in [0.1, 0.15) is 6.04 Å². The van der Waals surface area contributed by atoms with E-state index in [9.17, 15) is 9.59 Å². The van der Waals surface area contributed by atoms with Crippen LogP contribution in [0.5, 0.6) is 0 Å². The van der Waals surface area contributed by atoms with Gasteiger partial charge in [-0.15, -0.1) is 0 Å². The number of rotatable bonds is 4. The Kier molecular flexibility index (Phi) is 4.08. The lowest BCUT2D eigenvalue weighted by Gasteiger charge is -2.37. The van der Waals surface area contributed by atoms with E-state index < -0.39 is 12.0 Å². The van der Waals surface area contributed by atoms with Crippen LogP contribution in [0.25, 0.3) is 0 Å². The van der Waals surface area contributed by atoms with Crippen LogP contribution in [-0.2, 0) is 9.59 Å². The molecular weight excluding hydrogens is 196 g/mol. The van der Waals surface area contributed by atoms with Gasteiger partial charge >= 0.3 is 5.97 Å². The molecule has 1 amide bonds. The Balaban J connectivity index is 2.80. The van der Waals surface area contributed by atoms with Gasteiger partial charge in [0.15, 0.2) is 0 Å². The molecule has 1 rings (SSSR count). The Bertz CT molecular complexity index is 249. The smallest absolute Gasteiger partial charge is 0.320 e. The van der Waals surface area contributed by atoms with Crippen molar-refractivity contribution >= 4 is 11.9 Å². The van der Waals surface area contributed by atoms with E-state index in [1.165, 1.54) is 0 Å². The minimum atomic E-state index is -0.842. The van der Waals surface area contributed by atoms with E-state index in [0.717, 1.165) is 0 Å². The van der Waals surface area contributed by atoms with Gasteiger partial charge in [0, 0.05) is 13.1 Å². The molecular formula is C10H18N2O3. The quantitative estimate of drug-likeness (QED) is 0.694. The summed E-state index contributed by atoms with van der Waals surface area (Å²) >= 11 is 0. The van der Waals surface area contributed by atoms with Gasteiger partial charge in [-0.1, -0.05) is 13.8 Å². The second-order valence-electron chi connectivity index (χ2n) is 3.72. The Morgan fingerprint density at radius 2 is 2.33 bits per heavy atom. The van der Waals surface area contributed by atoms with E-state index in [1.807, 2.05) is 13.8 Å². The number of carbonyl (C=O) groups excluding carboxylic acids is 1. The molecule has 1 heterocycles. The molecule has 1 fully saturated rings. The van der Waals surface area contributed by atoms with Gasteiger partial charge in [0.05, 0.1) is 6.04 Å². The lowest BCUT2D eigenvalue weighted by atomic mass is 10.0. The van der Waals surface area contributed by atoms with Crippen LogP contribution >= 0.6 is 0 Å². The molecule has 1 aliphatic rings. The van der Waals surface area contributed by atoms with Gasteiger partial charge < -0.3 is 10.4 Å². The number of hydrogen-bond acceptors (Lipinski definition) is 3. The summed E-state index contributed by atoms with van der Waals surface area (Å²) in [7, 11) is 0. The number of carboxylic acids is 1. The molecule has 0 spiro atoms. The van der Waals surface area contributed by atoms with Crippen LogP contribution in [0.15, 0.2) is 0 Å². The molecule has 0 aliphatic carbocycles. The Morgan fingerprint density at radius 1 is 1.67 bits per heavy atom. The lowest BCUT2D eigenvalue weighted by molar-refractivity contribution is -0.147. The van der Waals surface area contributed by atoms with Crippen molar-refractivity contribution in [1.29, 1.82) is 0 Å². The molecule has 86 valence electrons. The molecule has 0 bridgehead atoms. The van der Waals surface area contributed by atoms with E-state index >= 15 is 0 Å². The predicted molar refractivity (Wildman–Crippen MR) is 55.5 cm³/mol. The van der Waals surface area contributed by atoms with Crippen molar-refractivity contribution in [3.8, 4) is 0 Å². The number of aliphatic carboxylic acids is 1. The van der Waals surface area contributed by atoms with E-state index in [4.69, 9.17) is 5.11 Å². The highest BCUT2D eigenvalue weighted by molar-refractivity contribution is 5.83. The van der Waals surface area contributed by atoms with E-state index in [0.29, 0.717) is 25.9 Å².